The lowest BCUT2D eigenvalue weighted by Crippen LogP contribution is -2.58. The summed E-state index contributed by atoms with van der Waals surface area (Å²) in [5, 5.41) is 17.2. The molecular formula is C29H39N5O5S. The van der Waals surface area contributed by atoms with Crippen molar-refractivity contribution in [1.29, 1.82) is 0 Å². The second kappa shape index (κ2) is 14.8. The minimum atomic E-state index is -0.953. The van der Waals surface area contributed by atoms with E-state index in [2.05, 4.69) is 15.7 Å². The van der Waals surface area contributed by atoms with Gasteiger partial charge in [0.05, 0.1) is 24.4 Å². The number of nitrogens with one attached hydrogen (secondary N) is 2. The van der Waals surface area contributed by atoms with Crippen molar-refractivity contribution in [3.05, 3.63) is 82.3 Å². The third-order valence-corrected chi connectivity index (χ3v) is 6.86. The van der Waals surface area contributed by atoms with E-state index in [1.54, 1.807) is 10.5 Å². The highest BCUT2D eigenvalue weighted by Crippen LogP contribution is 2.20. The van der Waals surface area contributed by atoms with E-state index in [9.17, 15) is 14.7 Å². The monoisotopic (exact) mass is 569 g/mol. The van der Waals surface area contributed by atoms with E-state index in [-0.39, 0.29) is 6.54 Å². The van der Waals surface area contributed by atoms with E-state index in [0.29, 0.717) is 19.6 Å². The van der Waals surface area contributed by atoms with Crippen LogP contribution in [0.3, 0.4) is 0 Å². The molecule has 0 radical (unpaired) electrons. The highest BCUT2D eigenvalue weighted by Gasteiger charge is 2.34. The zero-order valence-electron chi connectivity index (χ0n) is 23.4. The second-order valence-electron chi connectivity index (χ2n) is 10.6. The SMILES string of the molecule is COC(=O)N[C@H](C(=O)NN(Cc1ccccc1)C[C@H](O)[C@@H](N)Cc1ccc(OCc2cscn2)cc1)C(C)(C)C. The lowest BCUT2D eigenvalue weighted by Gasteiger charge is -2.34. The summed E-state index contributed by atoms with van der Waals surface area (Å²) in [7, 11) is 1.25. The molecule has 11 heteroatoms. The number of aliphatic hydroxyl groups is 1. The zero-order valence-corrected chi connectivity index (χ0v) is 24.2. The number of rotatable bonds is 13. The number of carbonyl (C=O) groups excluding carboxylic acids is 2. The van der Waals surface area contributed by atoms with Crippen molar-refractivity contribution < 1.29 is 24.2 Å². The van der Waals surface area contributed by atoms with Gasteiger partial charge in [0.1, 0.15) is 18.4 Å². The molecule has 0 saturated carbocycles. The maximum Gasteiger partial charge on any atom is 0.407 e. The van der Waals surface area contributed by atoms with Crippen LogP contribution in [0.4, 0.5) is 4.79 Å². The molecule has 216 valence electrons. The predicted molar refractivity (Wildman–Crippen MR) is 154 cm³/mol. The summed E-state index contributed by atoms with van der Waals surface area (Å²) in [5.41, 5.74) is 13.2. The van der Waals surface area contributed by atoms with Gasteiger partial charge in [0.15, 0.2) is 0 Å². The first-order valence-corrected chi connectivity index (χ1v) is 14.0. The molecule has 5 N–H and O–H groups in total. The minimum Gasteiger partial charge on any atom is -0.487 e. The number of aliphatic hydroxyl groups excluding tert-OH is 1. The number of aromatic nitrogens is 1. The van der Waals surface area contributed by atoms with Crippen molar-refractivity contribution in [2.75, 3.05) is 13.7 Å². The van der Waals surface area contributed by atoms with Gasteiger partial charge in [-0.25, -0.2) is 14.8 Å². The molecule has 3 rings (SSSR count). The van der Waals surface area contributed by atoms with Crippen LogP contribution in [0.5, 0.6) is 5.75 Å². The molecule has 0 bridgehead atoms. The lowest BCUT2D eigenvalue weighted by atomic mass is 9.86. The third-order valence-electron chi connectivity index (χ3n) is 6.23. The fourth-order valence-corrected chi connectivity index (χ4v) is 4.53. The highest BCUT2D eigenvalue weighted by atomic mass is 32.1. The van der Waals surface area contributed by atoms with Crippen LogP contribution in [-0.2, 0) is 29.1 Å². The van der Waals surface area contributed by atoms with Gasteiger partial charge in [0, 0.05) is 24.5 Å². The predicted octanol–water partition coefficient (Wildman–Crippen LogP) is 3.26. The number of benzene rings is 2. The Balaban J connectivity index is 1.64. The van der Waals surface area contributed by atoms with Crippen molar-refractivity contribution in [2.24, 2.45) is 11.1 Å². The van der Waals surface area contributed by atoms with E-state index in [1.807, 2.05) is 80.7 Å². The second-order valence-corrected chi connectivity index (χ2v) is 11.3. The van der Waals surface area contributed by atoms with Gasteiger partial charge in [-0.2, -0.15) is 0 Å². The van der Waals surface area contributed by atoms with Gasteiger partial charge in [-0.05, 0) is 35.1 Å². The molecule has 10 nitrogen and oxygen atoms in total. The van der Waals surface area contributed by atoms with E-state index >= 15 is 0 Å². The van der Waals surface area contributed by atoms with Crippen LogP contribution in [0.2, 0.25) is 0 Å². The third kappa shape index (κ3) is 9.91. The number of methoxy groups -OCH3 is 1. The van der Waals surface area contributed by atoms with Gasteiger partial charge in [0.25, 0.3) is 5.91 Å². The smallest absolute Gasteiger partial charge is 0.407 e. The number of nitrogens with two attached hydrogens (primary N) is 1. The molecule has 0 saturated heterocycles. The first kappa shape index (κ1) is 31.0. The van der Waals surface area contributed by atoms with Crippen molar-refractivity contribution in [3.8, 4) is 5.75 Å². The molecule has 0 aliphatic carbocycles. The Labute approximate surface area is 239 Å². The summed E-state index contributed by atoms with van der Waals surface area (Å²) in [4.78, 5) is 29.4. The van der Waals surface area contributed by atoms with Crippen LogP contribution in [0.1, 0.15) is 37.6 Å². The first-order valence-electron chi connectivity index (χ1n) is 13.0. The van der Waals surface area contributed by atoms with Crippen LogP contribution >= 0.6 is 11.3 Å². The Morgan fingerprint density at radius 3 is 2.40 bits per heavy atom. The Bertz CT molecular complexity index is 1190. The van der Waals surface area contributed by atoms with Gasteiger partial charge >= 0.3 is 6.09 Å². The molecule has 1 aromatic heterocycles. The molecule has 0 spiro atoms. The lowest BCUT2D eigenvalue weighted by molar-refractivity contribution is -0.131. The van der Waals surface area contributed by atoms with Crippen LogP contribution in [-0.4, -0.2) is 58.9 Å². The number of thiazole rings is 1. The number of hydrazine groups is 1. The summed E-state index contributed by atoms with van der Waals surface area (Å²) >= 11 is 1.52. The maximum atomic E-state index is 13.3. The molecule has 1 heterocycles. The fraction of sp³-hybridized carbons (Fsp3) is 0.414. The largest absolute Gasteiger partial charge is 0.487 e. The fourth-order valence-electron chi connectivity index (χ4n) is 3.98. The van der Waals surface area contributed by atoms with Crippen molar-refractivity contribution >= 4 is 23.3 Å². The quantitative estimate of drug-likeness (QED) is 0.230. The van der Waals surface area contributed by atoms with E-state index in [4.69, 9.17) is 15.2 Å². The molecule has 3 aromatic rings. The summed E-state index contributed by atoms with van der Waals surface area (Å²) in [6, 6.07) is 15.7. The van der Waals surface area contributed by atoms with E-state index in [1.165, 1.54) is 18.4 Å². The summed E-state index contributed by atoms with van der Waals surface area (Å²) in [5.74, 6) is 0.291. The molecule has 3 atom stereocenters. The summed E-state index contributed by atoms with van der Waals surface area (Å²) < 4.78 is 10.5. The standard InChI is InChI=1S/C29H39N5O5S/c1-29(2,3)26(32-28(37)38-4)27(36)33-34(15-21-8-6-5-7-9-21)16-25(35)24(30)14-20-10-12-23(13-11-20)39-17-22-18-40-19-31-22/h5-13,18-19,24-26,35H,14-17,30H2,1-4H3,(H,32,37)(H,33,36)/t24-,25-,26+/m0/s1. The number of amides is 2. The number of carbonyl (C=O) groups is 2. The molecule has 2 amide bonds. The molecule has 2 aromatic carbocycles. The summed E-state index contributed by atoms with van der Waals surface area (Å²) in [6.45, 7) is 6.33. The number of nitrogens with zero attached hydrogens (tertiary/aromatic N) is 2. The molecule has 0 aliphatic rings. The molecule has 40 heavy (non-hydrogen) atoms. The molecular weight excluding hydrogens is 530 g/mol. The van der Waals surface area contributed by atoms with Gasteiger partial charge in [-0.1, -0.05) is 63.2 Å². The first-order chi connectivity index (χ1) is 19.0. The average Bonchev–Trinajstić information content (AvgIpc) is 3.44. The van der Waals surface area contributed by atoms with Gasteiger partial charge in [-0.15, -0.1) is 11.3 Å². The molecule has 0 fully saturated rings. The minimum absolute atomic E-state index is 0.0751. The Kier molecular flexibility index (Phi) is 11.4. The van der Waals surface area contributed by atoms with Gasteiger partial charge < -0.3 is 25.6 Å². The number of hydrogen-bond donors (Lipinski definition) is 4. The Morgan fingerprint density at radius 2 is 1.80 bits per heavy atom. The maximum absolute atomic E-state index is 13.3. The number of ether oxygens (including phenoxy) is 2. The highest BCUT2D eigenvalue weighted by molar-refractivity contribution is 7.07. The zero-order chi connectivity index (χ0) is 29.1. The number of alkyl carbamates (subject to hydrolysis) is 1. The normalized spacial score (nSPS) is 13.8. The molecule has 0 unspecified atom stereocenters. The summed E-state index contributed by atoms with van der Waals surface area (Å²) in [6.07, 6.45) is -1.23. The van der Waals surface area contributed by atoms with Gasteiger partial charge in [-0.3, -0.25) is 10.2 Å². The van der Waals surface area contributed by atoms with Crippen LogP contribution in [0.25, 0.3) is 0 Å². The van der Waals surface area contributed by atoms with Gasteiger partial charge in [0.2, 0.25) is 0 Å². The van der Waals surface area contributed by atoms with E-state index in [0.717, 1.165) is 22.6 Å². The van der Waals surface area contributed by atoms with Crippen LogP contribution < -0.4 is 21.2 Å². The van der Waals surface area contributed by atoms with Crippen molar-refractivity contribution in [3.63, 3.8) is 0 Å². The Hall–Kier alpha value is -3.51. The van der Waals surface area contributed by atoms with E-state index < -0.39 is 35.6 Å². The van der Waals surface area contributed by atoms with Crippen LogP contribution in [0, 0.1) is 5.41 Å². The Morgan fingerprint density at radius 1 is 1.10 bits per heavy atom. The number of hydrogen-bond acceptors (Lipinski definition) is 9. The molecule has 0 aliphatic heterocycles. The van der Waals surface area contributed by atoms with Crippen molar-refractivity contribution in [1.82, 2.24) is 20.7 Å². The van der Waals surface area contributed by atoms with Crippen molar-refractivity contribution in [2.45, 2.75) is 58.5 Å². The average molecular weight is 570 g/mol. The topological polar surface area (TPSA) is 139 Å². The van der Waals surface area contributed by atoms with Crippen LogP contribution in [0.15, 0.2) is 65.5 Å².